The molecule has 1 aliphatic rings. The van der Waals surface area contributed by atoms with Crippen LogP contribution in [0.4, 0.5) is 4.39 Å². The van der Waals surface area contributed by atoms with Crippen molar-refractivity contribution in [2.24, 2.45) is 5.92 Å². The van der Waals surface area contributed by atoms with E-state index in [1.165, 1.54) is 16.4 Å². The van der Waals surface area contributed by atoms with Crippen molar-refractivity contribution in [2.75, 3.05) is 13.1 Å². The number of benzene rings is 2. The van der Waals surface area contributed by atoms with Crippen LogP contribution in [0.3, 0.4) is 0 Å². The predicted octanol–water partition coefficient (Wildman–Crippen LogP) is 6.92. The number of rotatable bonds is 7. The lowest BCUT2D eigenvalue weighted by Crippen LogP contribution is -2.46. The molecule has 5 nitrogen and oxygen atoms in total. The Hall–Kier alpha value is -1.59. The van der Waals surface area contributed by atoms with Crippen LogP contribution in [0, 0.1) is 11.7 Å². The van der Waals surface area contributed by atoms with Gasteiger partial charge in [-0.3, -0.25) is 4.79 Å². The third kappa shape index (κ3) is 6.10. The van der Waals surface area contributed by atoms with E-state index in [9.17, 15) is 17.6 Å². The SMILES string of the molecule is CC(C)N(Cc1ccc(-c2cccc(F)c2)s1)C(=O)C1CCN(S(=O)(=O)c2cc(Br)ccc2Br)CC1. The van der Waals surface area contributed by atoms with Crippen molar-refractivity contribution >= 4 is 59.1 Å². The van der Waals surface area contributed by atoms with Gasteiger partial charge in [-0.05, 0) is 90.6 Å². The van der Waals surface area contributed by atoms with Crippen molar-refractivity contribution in [3.63, 3.8) is 0 Å². The molecule has 0 aliphatic carbocycles. The number of carbonyl (C=O) groups excluding carboxylic acids is 1. The molecule has 36 heavy (non-hydrogen) atoms. The fraction of sp³-hybridized carbons (Fsp3) is 0.346. The maximum absolute atomic E-state index is 13.6. The number of piperidine rings is 1. The van der Waals surface area contributed by atoms with Gasteiger partial charge in [-0.2, -0.15) is 4.31 Å². The molecule has 2 heterocycles. The van der Waals surface area contributed by atoms with Crippen molar-refractivity contribution in [2.45, 2.75) is 44.2 Å². The highest BCUT2D eigenvalue weighted by Gasteiger charge is 2.35. The Morgan fingerprint density at radius 2 is 1.83 bits per heavy atom. The first-order valence-electron chi connectivity index (χ1n) is 11.7. The second kappa shape index (κ2) is 11.4. The standard InChI is InChI=1S/C26H27Br2FN2O3S2/c1-17(2)31(16-22-7-9-24(35-22)19-4-3-5-21(29)14-19)26(32)18-10-12-30(13-11-18)36(33,34)25-15-20(27)6-8-23(25)28/h3-9,14-15,17-18H,10-13,16H2,1-2H3. The molecular weight excluding hydrogens is 631 g/mol. The molecule has 1 saturated heterocycles. The summed E-state index contributed by atoms with van der Waals surface area (Å²) in [6.07, 6.45) is 0.956. The number of carbonyl (C=O) groups is 1. The van der Waals surface area contributed by atoms with Crippen molar-refractivity contribution in [1.82, 2.24) is 9.21 Å². The van der Waals surface area contributed by atoms with Gasteiger partial charge in [0.25, 0.3) is 0 Å². The molecular formula is C26H27Br2FN2O3S2. The van der Waals surface area contributed by atoms with Crippen LogP contribution in [0.25, 0.3) is 10.4 Å². The fourth-order valence-electron chi connectivity index (χ4n) is 4.33. The normalized spacial score (nSPS) is 15.4. The molecule has 0 saturated carbocycles. The summed E-state index contributed by atoms with van der Waals surface area (Å²) in [6, 6.07) is 15.5. The van der Waals surface area contributed by atoms with Gasteiger partial charge in [-0.25, -0.2) is 12.8 Å². The van der Waals surface area contributed by atoms with Crippen LogP contribution < -0.4 is 0 Å². The van der Waals surface area contributed by atoms with E-state index in [-0.39, 0.29) is 28.6 Å². The van der Waals surface area contributed by atoms with Crippen LogP contribution >= 0.6 is 43.2 Å². The van der Waals surface area contributed by atoms with E-state index in [1.54, 1.807) is 35.6 Å². The summed E-state index contributed by atoms with van der Waals surface area (Å²) in [5, 5.41) is 0. The summed E-state index contributed by atoms with van der Waals surface area (Å²) in [4.78, 5) is 17.6. The Balaban J connectivity index is 1.43. The van der Waals surface area contributed by atoms with Crippen LogP contribution in [0.5, 0.6) is 0 Å². The fourth-order valence-corrected chi connectivity index (χ4v) is 8.27. The lowest BCUT2D eigenvalue weighted by Gasteiger charge is -2.35. The van der Waals surface area contributed by atoms with Crippen molar-refractivity contribution < 1.29 is 17.6 Å². The lowest BCUT2D eigenvalue weighted by atomic mass is 9.96. The molecule has 1 aliphatic heterocycles. The van der Waals surface area contributed by atoms with Gasteiger partial charge in [-0.15, -0.1) is 11.3 Å². The summed E-state index contributed by atoms with van der Waals surface area (Å²) in [6.45, 7) is 5.05. The molecule has 10 heteroatoms. The zero-order valence-electron chi connectivity index (χ0n) is 20.0. The second-order valence-corrected chi connectivity index (χ2v) is 13.9. The topological polar surface area (TPSA) is 57.7 Å². The quantitative estimate of drug-likeness (QED) is 0.277. The molecule has 192 valence electrons. The summed E-state index contributed by atoms with van der Waals surface area (Å²) in [5.41, 5.74) is 0.819. The molecule has 2 aromatic carbocycles. The maximum Gasteiger partial charge on any atom is 0.244 e. The average molecular weight is 658 g/mol. The van der Waals surface area contributed by atoms with Gasteiger partial charge < -0.3 is 4.90 Å². The third-order valence-electron chi connectivity index (χ3n) is 6.32. The van der Waals surface area contributed by atoms with Crippen molar-refractivity contribution in [3.8, 4) is 10.4 Å². The number of hydrogen-bond acceptors (Lipinski definition) is 4. The Labute approximate surface area is 232 Å². The first-order chi connectivity index (χ1) is 17.1. The van der Waals surface area contributed by atoms with E-state index in [0.717, 1.165) is 15.3 Å². The van der Waals surface area contributed by atoms with Gasteiger partial charge in [0.1, 0.15) is 5.82 Å². The summed E-state index contributed by atoms with van der Waals surface area (Å²) in [5.74, 6) is -0.458. The monoisotopic (exact) mass is 656 g/mol. The number of hydrogen-bond donors (Lipinski definition) is 0. The van der Waals surface area contributed by atoms with Crippen LogP contribution in [0.1, 0.15) is 31.6 Å². The van der Waals surface area contributed by atoms with Crippen LogP contribution in [0.2, 0.25) is 0 Å². The molecule has 1 aromatic heterocycles. The minimum absolute atomic E-state index is 0.00314. The third-order valence-corrected chi connectivity index (χ3v) is 10.8. The molecule has 0 radical (unpaired) electrons. The smallest absolute Gasteiger partial charge is 0.244 e. The number of thiophene rings is 1. The van der Waals surface area contributed by atoms with Crippen molar-refractivity contribution in [3.05, 3.63) is 74.2 Å². The lowest BCUT2D eigenvalue weighted by molar-refractivity contribution is -0.139. The highest BCUT2D eigenvalue weighted by Crippen LogP contribution is 2.33. The molecule has 0 spiro atoms. The number of halogens is 3. The largest absolute Gasteiger partial charge is 0.335 e. The molecule has 1 fully saturated rings. The molecule has 0 unspecified atom stereocenters. The zero-order chi connectivity index (χ0) is 26.0. The minimum Gasteiger partial charge on any atom is -0.335 e. The molecule has 3 aromatic rings. The Bertz CT molecular complexity index is 1350. The average Bonchev–Trinajstić information content (AvgIpc) is 3.32. The number of sulfonamides is 1. The zero-order valence-corrected chi connectivity index (χ0v) is 24.8. The van der Waals surface area contributed by atoms with E-state index < -0.39 is 10.0 Å². The molecule has 4 rings (SSSR count). The van der Waals surface area contributed by atoms with Gasteiger partial charge in [0.15, 0.2) is 0 Å². The first kappa shape index (κ1) is 27.4. The Morgan fingerprint density at radius 3 is 2.50 bits per heavy atom. The maximum atomic E-state index is 13.6. The van der Waals surface area contributed by atoms with Gasteiger partial charge in [-0.1, -0.05) is 28.1 Å². The summed E-state index contributed by atoms with van der Waals surface area (Å²) < 4.78 is 42.7. The number of nitrogens with zero attached hydrogens (tertiary/aromatic N) is 2. The van der Waals surface area contributed by atoms with E-state index in [0.29, 0.717) is 41.4 Å². The highest BCUT2D eigenvalue weighted by atomic mass is 79.9. The van der Waals surface area contributed by atoms with Crippen LogP contribution in [-0.2, 0) is 21.4 Å². The first-order valence-corrected chi connectivity index (χ1v) is 15.5. The molecule has 0 bridgehead atoms. The Morgan fingerprint density at radius 1 is 1.11 bits per heavy atom. The van der Waals surface area contributed by atoms with Crippen LogP contribution in [-0.4, -0.2) is 42.7 Å². The molecule has 0 atom stereocenters. The second-order valence-electron chi connectivity index (χ2n) is 9.09. The highest BCUT2D eigenvalue weighted by molar-refractivity contribution is 9.11. The molecule has 0 N–H and O–H groups in total. The van der Waals surface area contributed by atoms with Gasteiger partial charge in [0, 0.05) is 43.7 Å². The van der Waals surface area contributed by atoms with E-state index >= 15 is 0 Å². The van der Waals surface area contributed by atoms with Crippen molar-refractivity contribution in [1.29, 1.82) is 0 Å². The number of amides is 1. The predicted molar refractivity (Wildman–Crippen MR) is 149 cm³/mol. The van der Waals surface area contributed by atoms with E-state index in [2.05, 4.69) is 31.9 Å². The summed E-state index contributed by atoms with van der Waals surface area (Å²) in [7, 11) is -3.67. The van der Waals surface area contributed by atoms with Gasteiger partial charge >= 0.3 is 0 Å². The van der Waals surface area contributed by atoms with Gasteiger partial charge in [0.2, 0.25) is 15.9 Å². The summed E-state index contributed by atoms with van der Waals surface area (Å²) >= 11 is 8.25. The molecule has 1 amide bonds. The minimum atomic E-state index is -3.67. The van der Waals surface area contributed by atoms with E-state index in [4.69, 9.17) is 0 Å². The Kier molecular flexibility index (Phi) is 8.71. The van der Waals surface area contributed by atoms with Gasteiger partial charge in [0.05, 0.1) is 11.4 Å². The van der Waals surface area contributed by atoms with Crippen LogP contribution in [0.15, 0.2) is 68.4 Å². The van der Waals surface area contributed by atoms with E-state index in [1.807, 2.05) is 36.9 Å².